The second-order valence-electron chi connectivity index (χ2n) is 4.99. The summed E-state index contributed by atoms with van der Waals surface area (Å²) in [4.78, 5) is 23.3. The van der Waals surface area contributed by atoms with Crippen LogP contribution in [0.3, 0.4) is 0 Å². The lowest BCUT2D eigenvalue weighted by Gasteiger charge is -2.21. The van der Waals surface area contributed by atoms with Crippen molar-refractivity contribution in [2.75, 3.05) is 6.61 Å². The van der Waals surface area contributed by atoms with E-state index in [9.17, 15) is 9.59 Å². The first-order valence-electron chi connectivity index (χ1n) is 6.96. The standard InChI is InChI=1S/C16H22O4/c1-4-8-15(17)20-14(12(2)3)11-19-16(18)13-9-6-5-7-10-13/h5-7,9-10,12,14H,4,8,11H2,1-3H3. The van der Waals surface area contributed by atoms with Crippen molar-refractivity contribution in [2.45, 2.75) is 39.7 Å². The molecule has 20 heavy (non-hydrogen) atoms. The summed E-state index contributed by atoms with van der Waals surface area (Å²) in [6.45, 7) is 5.86. The first-order chi connectivity index (χ1) is 9.54. The fraction of sp³-hybridized carbons (Fsp3) is 0.500. The SMILES string of the molecule is CCCC(=O)OC(COC(=O)c1ccccc1)C(C)C. The summed E-state index contributed by atoms with van der Waals surface area (Å²) in [5.74, 6) is -0.552. The molecule has 1 unspecified atom stereocenters. The van der Waals surface area contributed by atoms with Gasteiger partial charge in [-0.3, -0.25) is 4.79 Å². The number of carbonyl (C=O) groups excluding carboxylic acids is 2. The normalized spacial score (nSPS) is 12.0. The van der Waals surface area contributed by atoms with Crippen molar-refractivity contribution in [3.05, 3.63) is 35.9 Å². The molecule has 0 N–H and O–H groups in total. The van der Waals surface area contributed by atoms with Gasteiger partial charge in [-0.1, -0.05) is 39.0 Å². The van der Waals surface area contributed by atoms with Crippen molar-refractivity contribution in [3.8, 4) is 0 Å². The van der Waals surface area contributed by atoms with Crippen LogP contribution in [0.5, 0.6) is 0 Å². The quantitative estimate of drug-likeness (QED) is 0.719. The van der Waals surface area contributed by atoms with Crippen LogP contribution in [0.4, 0.5) is 0 Å². The summed E-state index contributed by atoms with van der Waals surface area (Å²) >= 11 is 0. The molecule has 0 aliphatic carbocycles. The molecule has 4 heteroatoms. The van der Waals surface area contributed by atoms with Crippen LogP contribution in [0.15, 0.2) is 30.3 Å². The van der Waals surface area contributed by atoms with Gasteiger partial charge in [0.15, 0.2) is 0 Å². The molecule has 0 aliphatic heterocycles. The van der Waals surface area contributed by atoms with Gasteiger partial charge in [0.2, 0.25) is 0 Å². The van der Waals surface area contributed by atoms with E-state index in [-0.39, 0.29) is 18.5 Å². The Bertz CT molecular complexity index is 425. The number of hydrogen-bond donors (Lipinski definition) is 0. The Morgan fingerprint density at radius 3 is 2.35 bits per heavy atom. The van der Waals surface area contributed by atoms with Crippen molar-refractivity contribution in [1.29, 1.82) is 0 Å². The third kappa shape index (κ3) is 5.43. The predicted octanol–water partition coefficient (Wildman–Crippen LogP) is 3.21. The van der Waals surface area contributed by atoms with Crippen molar-refractivity contribution < 1.29 is 19.1 Å². The van der Waals surface area contributed by atoms with Crippen LogP contribution in [-0.4, -0.2) is 24.6 Å². The third-order valence-electron chi connectivity index (χ3n) is 2.87. The van der Waals surface area contributed by atoms with Crippen molar-refractivity contribution in [2.24, 2.45) is 5.92 Å². The molecule has 0 saturated carbocycles. The zero-order chi connectivity index (χ0) is 15.0. The number of benzene rings is 1. The molecule has 1 rings (SSSR count). The number of carbonyl (C=O) groups is 2. The Labute approximate surface area is 120 Å². The second kappa shape index (κ2) is 8.35. The van der Waals surface area contributed by atoms with Crippen molar-refractivity contribution >= 4 is 11.9 Å². The van der Waals surface area contributed by atoms with Gasteiger partial charge in [-0.25, -0.2) is 4.79 Å². The highest BCUT2D eigenvalue weighted by atomic mass is 16.6. The van der Waals surface area contributed by atoms with E-state index in [0.29, 0.717) is 12.0 Å². The molecular weight excluding hydrogens is 256 g/mol. The lowest BCUT2D eigenvalue weighted by Crippen LogP contribution is -2.29. The van der Waals surface area contributed by atoms with E-state index in [1.54, 1.807) is 24.3 Å². The van der Waals surface area contributed by atoms with Crippen LogP contribution in [-0.2, 0) is 14.3 Å². The van der Waals surface area contributed by atoms with E-state index in [0.717, 1.165) is 6.42 Å². The molecule has 0 aromatic heterocycles. The Hall–Kier alpha value is -1.84. The maximum Gasteiger partial charge on any atom is 0.338 e. The van der Waals surface area contributed by atoms with Gasteiger partial charge in [-0.05, 0) is 24.5 Å². The van der Waals surface area contributed by atoms with E-state index in [4.69, 9.17) is 9.47 Å². The van der Waals surface area contributed by atoms with E-state index < -0.39 is 12.1 Å². The molecule has 1 atom stereocenters. The summed E-state index contributed by atoms with van der Waals surface area (Å²) in [5.41, 5.74) is 0.495. The molecule has 0 bridgehead atoms. The Kier molecular flexibility index (Phi) is 6.77. The Morgan fingerprint density at radius 1 is 1.15 bits per heavy atom. The summed E-state index contributed by atoms with van der Waals surface area (Å²) in [6, 6.07) is 8.77. The maximum absolute atomic E-state index is 11.8. The molecule has 0 fully saturated rings. The molecule has 0 radical (unpaired) electrons. The summed E-state index contributed by atoms with van der Waals surface area (Å²) < 4.78 is 10.5. The lowest BCUT2D eigenvalue weighted by atomic mass is 10.1. The highest BCUT2D eigenvalue weighted by Crippen LogP contribution is 2.11. The van der Waals surface area contributed by atoms with Crippen molar-refractivity contribution in [1.82, 2.24) is 0 Å². The van der Waals surface area contributed by atoms with Gasteiger partial charge in [-0.15, -0.1) is 0 Å². The van der Waals surface area contributed by atoms with E-state index in [1.165, 1.54) is 0 Å². The van der Waals surface area contributed by atoms with Gasteiger partial charge < -0.3 is 9.47 Å². The van der Waals surface area contributed by atoms with Gasteiger partial charge in [0.1, 0.15) is 12.7 Å². The highest BCUT2D eigenvalue weighted by Gasteiger charge is 2.20. The number of rotatable bonds is 7. The number of hydrogen-bond acceptors (Lipinski definition) is 4. The average Bonchev–Trinajstić information content (AvgIpc) is 2.44. The summed E-state index contributed by atoms with van der Waals surface area (Å²) in [6.07, 6.45) is 0.727. The average molecular weight is 278 g/mol. The third-order valence-corrected chi connectivity index (χ3v) is 2.87. The molecule has 110 valence electrons. The largest absolute Gasteiger partial charge is 0.458 e. The molecular formula is C16H22O4. The van der Waals surface area contributed by atoms with E-state index >= 15 is 0 Å². The molecule has 0 spiro atoms. The van der Waals surface area contributed by atoms with Crippen LogP contribution in [0, 0.1) is 5.92 Å². The molecule has 4 nitrogen and oxygen atoms in total. The summed E-state index contributed by atoms with van der Waals surface area (Å²) in [5, 5.41) is 0. The van der Waals surface area contributed by atoms with Gasteiger partial charge in [0.25, 0.3) is 0 Å². The fourth-order valence-corrected chi connectivity index (χ4v) is 1.61. The minimum absolute atomic E-state index is 0.0842. The molecule has 0 amide bonds. The van der Waals surface area contributed by atoms with Crippen LogP contribution in [0.1, 0.15) is 44.0 Å². The topological polar surface area (TPSA) is 52.6 Å². The molecule has 0 saturated heterocycles. The first kappa shape index (κ1) is 16.2. The molecule has 1 aromatic rings. The zero-order valence-electron chi connectivity index (χ0n) is 12.3. The smallest absolute Gasteiger partial charge is 0.338 e. The monoisotopic (exact) mass is 278 g/mol. The number of ether oxygens (including phenoxy) is 2. The highest BCUT2D eigenvalue weighted by molar-refractivity contribution is 5.89. The maximum atomic E-state index is 11.8. The number of esters is 2. The first-order valence-corrected chi connectivity index (χ1v) is 6.96. The predicted molar refractivity (Wildman–Crippen MR) is 76.4 cm³/mol. The van der Waals surface area contributed by atoms with Crippen LogP contribution >= 0.6 is 0 Å². The summed E-state index contributed by atoms with van der Waals surface area (Å²) in [7, 11) is 0. The Morgan fingerprint density at radius 2 is 1.80 bits per heavy atom. The van der Waals surface area contributed by atoms with E-state index in [2.05, 4.69) is 0 Å². The van der Waals surface area contributed by atoms with Crippen LogP contribution < -0.4 is 0 Å². The minimum atomic E-state index is -0.401. The lowest BCUT2D eigenvalue weighted by molar-refractivity contribution is -0.153. The van der Waals surface area contributed by atoms with Gasteiger partial charge in [-0.2, -0.15) is 0 Å². The Balaban J connectivity index is 2.51. The van der Waals surface area contributed by atoms with Crippen molar-refractivity contribution in [3.63, 3.8) is 0 Å². The fourth-order valence-electron chi connectivity index (χ4n) is 1.61. The van der Waals surface area contributed by atoms with Gasteiger partial charge >= 0.3 is 11.9 Å². The zero-order valence-corrected chi connectivity index (χ0v) is 12.3. The van der Waals surface area contributed by atoms with E-state index in [1.807, 2.05) is 26.8 Å². The molecule has 0 aliphatic rings. The molecule has 1 aromatic carbocycles. The van der Waals surface area contributed by atoms with Gasteiger partial charge in [0, 0.05) is 6.42 Å². The van der Waals surface area contributed by atoms with Gasteiger partial charge in [0.05, 0.1) is 5.56 Å². The second-order valence-corrected chi connectivity index (χ2v) is 4.99. The van der Waals surface area contributed by atoms with Crippen LogP contribution in [0.2, 0.25) is 0 Å². The molecule has 0 heterocycles. The van der Waals surface area contributed by atoms with Crippen LogP contribution in [0.25, 0.3) is 0 Å². The minimum Gasteiger partial charge on any atom is -0.458 e.